The lowest BCUT2D eigenvalue weighted by molar-refractivity contribution is -0.124. The minimum absolute atomic E-state index is 0.276. The van der Waals surface area contributed by atoms with E-state index in [2.05, 4.69) is 0 Å². The molecule has 0 spiro atoms. The SMILES string of the molecule is COCCCOc1cc(CC(=O)C2CCC2)ccc1OC. The number of ketones is 1. The number of benzene rings is 1. The summed E-state index contributed by atoms with van der Waals surface area (Å²) in [4.78, 5) is 12.1. The van der Waals surface area contributed by atoms with Crippen molar-refractivity contribution in [3.63, 3.8) is 0 Å². The summed E-state index contributed by atoms with van der Waals surface area (Å²) in [6, 6.07) is 5.73. The third-order valence-electron chi connectivity index (χ3n) is 3.92. The maximum absolute atomic E-state index is 12.1. The molecule has 1 aliphatic carbocycles. The van der Waals surface area contributed by atoms with E-state index in [0.29, 0.717) is 36.9 Å². The normalized spacial score (nSPS) is 14.6. The van der Waals surface area contributed by atoms with E-state index in [9.17, 15) is 4.79 Å². The molecule has 0 aliphatic heterocycles. The first-order chi connectivity index (χ1) is 10.2. The highest BCUT2D eigenvalue weighted by atomic mass is 16.5. The van der Waals surface area contributed by atoms with Crippen LogP contribution >= 0.6 is 0 Å². The molecular formula is C17H24O4. The Morgan fingerprint density at radius 1 is 1.19 bits per heavy atom. The van der Waals surface area contributed by atoms with E-state index in [0.717, 1.165) is 24.8 Å². The van der Waals surface area contributed by atoms with Crippen LogP contribution in [-0.2, 0) is 16.0 Å². The van der Waals surface area contributed by atoms with Crippen molar-refractivity contribution in [1.29, 1.82) is 0 Å². The van der Waals surface area contributed by atoms with Crippen molar-refractivity contribution in [3.8, 4) is 11.5 Å². The van der Waals surface area contributed by atoms with Gasteiger partial charge in [0.1, 0.15) is 5.78 Å². The van der Waals surface area contributed by atoms with Crippen LogP contribution in [0.2, 0.25) is 0 Å². The summed E-state index contributed by atoms with van der Waals surface area (Å²) in [6.45, 7) is 1.24. The van der Waals surface area contributed by atoms with E-state index in [-0.39, 0.29) is 5.92 Å². The van der Waals surface area contributed by atoms with E-state index < -0.39 is 0 Å². The second-order valence-electron chi connectivity index (χ2n) is 5.45. The number of carbonyl (C=O) groups is 1. The molecule has 0 unspecified atom stereocenters. The molecule has 0 N–H and O–H groups in total. The van der Waals surface area contributed by atoms with Gasteiger partial charge in [0.05, 0.1) is 13.7 Å². The second kappa shape index (κ2) is 8.03. The van der Waals surface area contributed by atoms with Gasteiger partial charge in [-0.05, 0) is 30.5 Å². The average Bonchev–Trinajstić information content (AvgIpc) is 2.42. The molecule has 1 saturated carbocycles. The van der Waals surface area contributed by atoms with E-state index in [1.165, 1.54) is 6.42 Å². The fraction of sp³-hybridized carbons (Fsp3) is 0.588. The third-order valence-corrected chi connectivity index (χ3v) is 3.92. The average molecular weight is 292 g/mol. The molecule has 116 valence electrons. The number of methoxy groups -OCH3 is 2. The lowest BCUT2D eigenvalue weighted by Gasteiger charge is -2.23. The Labute approximate surface area is 126 Å². The van der Waals surface area contributed by atoms with E-state index in [1.807, 2.05) is 18.2 Å². The number of rotatable bonds is 9. The Morgan fingerprint density at radius 3 is 2.62 bits per heavy atom. The number of carbonyl (C=O) groups excluding carboxylic acids is 1. The maximum Gasteiger partial charge on any atom is 0.161 e. The first kappa shape index (κ1) is 15.8. The zero-order valence-corrected chi connectivity index (χ0v) is 12.9. The van der Waals surface area contributed by atoms with Crippen LogP contribution in [0.4, 0.5) is 0 Å². The van der Waals surface area contributed by atoms with Gasteiger partial charge in [-0.15, -0.1) is 0 Å². The van der Waals surface area contributed by atoms with Gasteiger partial charge in [0.2, 0.25) is 0 Å². The zero-order chi connectivity index (χ0) is 15.1. The summed E-state index contributed by atoms with van der Waals surface area (Å²) in [7, 11) is 3.30. The zero-order valence-electron chi connectivity index (χ0n) is 12.9. The summed E-state index contributed by atoms with van der Waals surface area (Å²) in [6.07, 6.45) is 4.60. The molecule has 2 rings (SSSR count). The van der Waals surface area contributed by atoms with Gasteiger partial charge in [0.25, 0.3) is 0 Å². The first-order valence-corrected chi connectivity index (χ1v) is 7.56. The topological polar surface area (TPSA) is 44.8 Å². The molecule has 1 aromatic carbocycles. The highest BCUT2D eigenvalue weighted by Gasteiger charge is 2.25. The molecule has 0 aromatic heterocycles. The number of hydrogen-bond acceptors (Lipinski definition) is 4. The van der Waals surface area contributed by atoms with Crippen LogP contribution in [0.1, 0.15) is 31.2 Å². The molecule has 1 aliphatic rings. The minimum atomic E-state index is 0.276. The maximum atomic E-state index is 12.1. The molecule has 1 fully saturated rings. The molecule has 0 amide bonds. The lowest BCUT2D eigenvalue weighted by Crippen LogP contribution is -2.23. The van der Waals surface area contributed by atoms with Crippen molar-refractivity contribution < 1.29 is 19.0 Å². The first-order valence-electron chi connectivity index (χ1n) is 7.56. The standard InChI is InChI=1S/C17H24O4/c1-19-9-4-10-21-17-12-13(7-8-16(17)20-2)11-15(18)14-5-3-6-14/h7-8,12,14H,3-6,9-11H2,1-2H3. The third kappa shape index (κ3) is 4.46. The number of Topliss-reactive ketones (excluding diaryl/α,β-unsaturated/α-hetero) is 1. The smallest absolute Gasteiger partial charge is 0.161 e. The molecule has 1 aromatic rings. The Balaban J connectivity index is 1.96. The van der Waals surface area contributed by atoms with Gasteiger partial charge in [-0.1, -0.05) is 12.5 Å². The molecule has 0 atom stereocenters. The Kier molecular flexibility index (Phi) is 6.05. The van der Waals surface area contributed by atoms with Crippen molar-refractivity contribution in [3.05, 3.63) is 23.8 Å². The summed E-state index contributed by atoms with van der Waals surface area (Å²) < 4.78 is 16.0. The Bertz CT molecular complexity index is 466. The van der Waals surface area contributed by atoms with Crippen molar-refractivity contribution in [2.45, 2.75) is 32.1 Å². The van der Waals surface area contributed by atoms with Crippen LogP contribution in [0.15, 0.2) is 18.2 Å². The van der Waals surface area contributed by atoms with Crippen LogP contribution < -0.4 is 9.47 Å². The van der Waals surface area contributed by atoms with Crippen LogP contribution in [0, 0.1) is 5.92 Å². The predicted molar refractivity (Wildman–Crippen MR) is 81.0 cm³/mol. The molecule has 4 nitrogen and oxygen atoms in total. The summed E-state index contributed by atoms with van der Waals surface area (Å²) in [5.41, 5.74) is 0.995. The summed E-state index contributed by atoms with van der Waals surface area (Å²) in [5.74, 6) is 2.02. The van der Waals surface area contributed by atoms with Gasteiger partial charge in [-0.25, -0.2) is 0 Å². The van der Waals surface area contributed by atoms with Gasteiger partial charge < -0.3 is 14.2 Å². The van der Waals surface area contributed by atoms with Crippen LogP contribution in [0.25, 0.3) is 0 Å². The van der Waals surface area contributed by atoms with Crippen LogP contribution in [-0.4, -0.2) is 33.2 Å². The monoisotopic (exact) mass is 292 g/mol. The molecule has 4 heteroatoms. The summed E-state index contributed by atoms with van der Waals surface area (Å²) in [5, 5.41) is 0. The Hall–Kier alpha value is -1.55. The molecule has 21 heavy (non-hydrogen) atoms. The van der Waals surface area contributed by atoms with Crippen molar-refractivity contribution in [2.75, 3.05) is 27.4 Å². The van der Waals surface area contributed by atoms with E-state index in [1.54, 1.807) is 14.2 Å². The van der Waals surface area contributed by atoms with Gasteiger partial charge in [0, 0.05) is 32.5 Å². The highest BCUT2D eigenvalue weighted by Crippen LogP contribution is 2.31. The van der Waals surface area contributed by atoms with Crippen molar-refractivity contribution in [1.82, 2.24) is 0 Å². The summed E-state index contributed by atoms with van der Waals surface area (Å²) >= 11 is 0. The quantitative estimate of drug-likeness (QED) is 0.656. The number of hydrogen-bond donors (Lipinski definition) is 0. The highest BCUT2D eigenvalue weighted by molar-refractivity contribution is 5.84. The molecule has 0 radical (unpaired) electrons. The van der Waals surface area contributed by atoms with E-state index >= 15 is 0 Å². The van der Waals surface area contributed by atoms with Crippen molar-refractivity contribution in [2.24, 2.45) is 5.92 Å². The molecule has 0 heterocycles. The minimum Gasteiger partial charge on any atom is -0.493 e. The largest absolute Gasteiger partial charge is 0.493 e. The molecule has 0 saturated heterocycles. The predicted octanol–water partition coefficient (Wildman–Crippen LogP) is 3.02. The van der Waals surface area contributed by atoms with Gasteiger partial charge in [0.15, 0.2) is 11.5 Å². The van der Waals surface area contributed by atoms with Crippen LogP contribution in [0.5, 0.6) is 11.5 Å². The van der Waals surface area contributed by atoms with Gasteiger partial charge in [-0.2, -0.15) is 0 Å². The second-order valence-corrected chi connectivity index (χ2v) is 5.45. The number of ether oxygens (including phenoxy) is 3. The van der Waals surface area contributed by atoms with Gasteiger partial charge in [-0.3, -0.25) is 4.79 Å². The van der Waals surface area contributed by atoms with Gasteiger partial charge >= 0.3 is 0 Å². The van der Waals surface area contributed by atoms with Crippen molar-refractivity contribution >= 4 is 5.78 Å². The fourth-order valence-corrected chi connectivity index (χ4v) is 2.41. The van der Waals surface area contributed by atoms with Crippen LogP contribution in [0.3, 0.4) is 0 Å². The Morgan fingerprint density at radius 2 is 2.00 bits per heavy atom. The molecular weight excluding hydrogens is 268 g/mol. The molecule has 0 bridgehead atoms. The lowest BCUT2D eigenvalue weighted by atomic mass is 9.80. The fourth-order valence-electron chi connectivity index (χ4n) is 2.41. The van der Waals surface area contributed by atoms with E-state index in [4.69, 9.17) is 14.2 Å².